The predicted molar refractivity (Wildman–Crippen MR) is 108 cm³/mol. The van der Waals surface area contributed by atoms with Crippen LogP contribution in [0.4, 0.5) is 0 Å². The maximum atomic E-state index is 13.0. The second kappa shape index (κ2) is 8.54. The molecule has 2 heterocycles. The Morgan fingerprint density at radius 2 is 2.11 bits per heavy atom. The number of phenols is 1. The molecule has 3 rings (SSSR count). The molecule has 0 saturated carbocycles. The van der Waals surface area contributed by atoms with E-state index in [9.17, 15) is 9.90 Å². The second-order valence-corrected chi connectivity index (χ2v) is 7.29. The van der Waals surface area contributed by atoms with Gasteiger partial charge in [-0.1, -0.05) is 32.0 Å². The number of hydrogen-bond donors (Lipinski definition) is 1. The van der Waals surface area contributed by atoms with Crippen molar-refractivity contribution in [3.63, 3.8) is 0 Å². The van der Waals surface area contributed by atoms with E-state index in [4.69, 9.17) is 4.74 Å². The number of carbonyl (C=O) groups is 1. The number of amides is 1. The van der Waals surface area contributed by atoms with Crippen LogP contribution < -0.4 is 4.74 Å². The quantitative estimate of drug-likeness (QED) is 0.790. The van der Waals surface area contributed by atoms with Crippen LogP contribution >= 0.6 is 11.3 Å². The number of hydrogen-bond acceptors (Lipinski definition) is 6. The number of carbonyl (C=O) groups excluding carboxylic acids is 1. The summed E-state index contributed by atoms with van der Waals surface area (Å²) in [6, 6.07) is 8.93. The Hall–Kier alpha value is -2.38. The lowest BCUT2D eigenvalue weighted by atomic mass is 9.99. The summed E-state index contributed by atoms with van der Waals surface area (Å²) >= 11 is 1.61. The average Bonchev–Trinajstić information content (AvgIpc) is 3.35. The maximum Gasteiger partial charge on any atom is 0.257 e. The second-order valence-electron chi connectivity index (χ2n) is 6.34. The Bertz CT molecular complexity index is 816. The summed E-state index contributed by atoms with van der Waals surface area (Å²) in [4.78, 5) is 16.2. The molecule has 27 heavy (non-hydrogen) atoms. The summed E-state index contributed by atoms with van der Waals surface area (Å²) in [6.07, 6.45) is 0.588. The van der Waals surface area contributed by atoms with Crippen LogP contribution in [0, 0.1) is 0 Å². The minimum Gasteiger partial charge on any atom is -0.504 e. The molecule has 2 aromatic rings. The summed E-state index contributed by atoms with van der Waals surface area (Å²) in [6.45, 7) is 5.99. The Morgan fingerprint density at radius 1 is 1.33 bits per heavy atom. The summed E-state index contributed by atoms with van der Waals surface area (Å²) in [5, 5.41) is 18.4. The molecule has 1 aliphatic rings. The molecule has 1 aliphatic heterocycles. The molecule has 1 aromatic heterocycles. The van der Waals surface area contributed by atoms with E-state index in [0.717, 1.165) is 29.2 Å². The first kappa shape index (κ1) is 19.4. The maximum absolute atomic E-state index is 13.0. The minimum atomic E-state index is -0.299. The number of ether oxygens (including phenoxy) is 1. The monoisotopic (exact) mass is 387 g/mol. The number of phenolic OH excluding ortho intramolecular Hbond substituents is 1. The smallest absolute Gasteiger partial charge is 0.257 e. The number of rotatable bonds is 7. The Morgan fingerprint density at radius 3 is 2.74 bits per heavy atom. The standard InChI is InChI=1S/C20H25N3O3S/c1-4-22(5-2)13-19(25)23-16(12-15(21-23)18-10-7-11-27-18)14-8-6-9-17(24)20(14)26-3/h6-11,16,24H,4-5,12-13H2,1-3H3. The zero-order valence-corrected chi connectivity index (χ0v) is 16.7. The van der Waals surface area contributed by atoms with Gasteiger partial charge in [0.25, 0.3) is 5.91 Å². The molecule has 1 atom stereocenters. The molecule has 1 aromatic carbocycles. The van der Waals surface area contributed by atoms with Crippen molar-refractivity contribution in [1.29, 1.82) is 0 Å². The molecule has 1 N–H and O–H groups in total. The van der Waals surface area contributed by atoms with Crippen LogP contribution in [0.5, 0.6) is 11.5 Å². The lowest BCUT2D eigenvalue weighted by Crippen LogP contribution is -2.38. The van der Waals surface area contributed by atoms with Gasteiger partial charge in [-0.2, -0.15) is 5.10 Å². The van der Waals surface area contributed by atoms with Gasteiger partial charge in [-0.05, 0) is 30.6 Å². The van der Waals surface area contributed by atoms with Crippen LogP contribution in [0.2, 0.25) is 0 Å². The van der Waals surface area contributed by atoms with Gasteiger partial charge in [-0.15, -0.1) is 11.3 Å². The van der Waals surface area contributed by atoms with Crippen LogP contribution in [0.3, 0.4) is 0 Å². The first-order valence-corrected chi connectivity index (χ1v) is 9.98. The Kier molecular flexibility index (Phi) is 6.13. The zero-order chi connectivity index (χ0) is 19.4. The topological polar surface area (TPSA) is 65.4 Å². The highest BCUT2D eigenvalue weighted by Crippen LogP contribution is 2.41. The summed E-state index contributed by atoms with van der Waals surface area (Å²) < 4.78 is 5.42. The lowest BCUT2D eigenvalue weighted by molar-refractivity contribution is -0.134. The van der Waals surface area contributed by atoms with E-state index in [-0.39, 0.29) is 17.7 Å². The van der Waals surface area contributed by atoms with Crippen LogP contribution in [0.1, 0.15) is 36.8 Å². The summed E-state index contributed by atoms with van der Waals surface area (Å²) in [5.74, 6) is 0.405. The number of aromatic hydroxyl groups is 1. The molecule has 0 fully saturated rings. The third-order valence-corrected chi connectivity index (χ3v) is 5.73. The van der Waals surface area contributed by atoms with Gasteiger partial charge in [-0.3, -0.25) is 9.69 Å². The fourth-order valence-electron chi connectivity index (χ4n) is 3.31. The Labute approximate surface area is 163 Å². The van der Waals surface area contributed by atoms with E-state index in [1.54, 1.807) is 28.5 Å². The highest BCUT2D eigenvalue weighted by molar-refractivity contribution is 7.12. The van der Waals surface area contributed by atoms with E-state index >= 15 is 0 Å². The van der Waals surface area contributed by atoms with E-state index in [1.807, 2.05) is 37.4 Å². The minimum absolute atomic E-state index is 0.0550. The Balaban J connectivity index is 1.96. The van der Waals surface area contributed by atoms with Crippen molar-refractivity contribution < 1.29 is 14.6 Å². The number of hydrazone groups is 1. The van der Waals surface area contributed by atoms with E-state index < -0.39 is 0 Å². The van der Waals surface area contributed by atoms with Crippen LogP contribution in [-0.4, -0.2) is 53.4 Å². The molecule has 0 saturated heterocycles. The zero-order valence-electron chi connectivity index (χ0n) is 15.9. The number of nitrogens with zero attached hydrogens (tertiary/aromatic N) is 3. The molecular formula is C20H25N3O3S. The molecule has 0 radical (unpaired) electrons. The highest BCUT2D eigenvalue weighted by atomic mass is 32.1. The molecule has 1 unspecified atom stereocenters. The van der Waals surface area contributed by atoms with Crippen molar-refractivity contribution in [2.24, 2.45) is 5.10 Å². The first-order valence-electron chi connectivity index (χ1n) is 9.10. The van der Waals surface area contributed by atoms with Crippen molar-refractivity contribution in [2.75, 3.05) is 26.7 Å². The van der Waals surface area contributed by atoms with Gasteiger partial charge in [0.15, 0.2) is 11.5 Å². The molecule has 1 amide bonds. The number of likely N-dealkylation sites (N-methyl/N-ethyl adjacent to an activating group) is 1. The highest BCUT2D eigenvalue weighted by Gasteiger charge is 2.35. The van der Waals surface area contributed by atoms with Gasteiger partial charge in [0.2, 0.25) is 0 Å². The molecular weight excluding hydrogens is 362 g/mol. The summed E-state index contributed by atoms with van der Waals surface area (Å²) in [7, 11) is 1.52. The molecule has 0 bridgehead atoms. The van der Waals surface area contributed by atoms with Crippen LogP contribution in [-0.2, 0) is 4.79 Å². The lowest BCUT2D eigenvalue weighted by Gasteiger charge is -2.26. The number of thiophene rings is 1. The van der Waals surface area contributed by atoms with Gasteiger partial charge in [-0.25, -0.2) is 5.01 Å². The molecule has 6 nitrogen and oxygen atoms in total. The fraction of sp³-hybridized carbons (Fsp3) is 0.400. The molecule has 0 spiro atoms. The van der Waals surface area contributed by atoms with Crippen molar-refractivity contribution in [1.82, 2.24) is 9.91 Å². The predicted octanol–water partition coefficient (Wildman–Crippen LogP) is 3.48. The third-order valence-electron chi connectivity index (χ3n) is 4.81. The van der Waals surface area contributed by atoms with Gasteiger partial charge < -0.3 is 9.84 Å². The SMILES string of the molecule is CCN(CC)CC(=O)N1N=C(c2cccs2)CC1c1cccc(O)c1OC. The van der Waals surface area contributed by atoms with Gasteiger partial charge in [0, 0.05) is 12.0 Å². The number of para-hydroxylation sites is 1. The normalized spacial score (nSPS) is 16.7. The van der Waals surface area contributed by atoms with Crippen molar-refractivity contribution in [3.05, 3.63) is 46.2 Å². The van der Waals surface area contributed by atoms with Crippen molar-refractivity contribution in [3.8, 4) is 11.5 Å². The van der Waals surface area contributed by atoms with Crippen molar-refractivity contribution in [2.45, 2.75) is 26.3 Å². The van der Waals surface area contributed by atoms with Crippen LogP contribution in [0.15, 0.2) is 40.8 Å². The van der Waals surface area contributed by atoms with E-state index in [0.29, 0.717) is 18.7 Å². The van der Waals surface area contributed by atoms with E-state index in [1.165, 1.54) is 7.11 Å². The number of methoxy groups -OCH3 is 1. The van der Waals surface area contributed by atoms with Gasteiger partial charge >= 0.3 is 0 Å². The fourth-order valence-corrected chi connectivity index (χ4v) is 4.03. The first-order chi connectivity index (χ1) is 13.1. The molecule has 0 aliphatic carbocycles. The summed E-state index contributed by atoms with van der Waals surface area (Å²) in [5.41, 5.74) is 1.65. The largest absolute Gasteiger partial charge is 0.504 e. The van der Waals surface area contributed by atoms with Crippen LogP contribution in [0.25, 0.3) is 0 Å². The van der Waals surface area contributed by atoms with E-state index in [2.05, 4.69) is 10.0 Å². The molecule has 7 heteroatoms. The van der Waals surface area contributed by atoms with Crippen molar-refractivity contribution >= 4 is 23.0 Å². The third kappa shape index (κ3) is 3.99. The van der Waals surface area contributed by atoms with Gasteiger partial charge in [0.1, 0.15) is 0 Å². The number of benzene rings is 1. The van der Waals surface area contributed by atoms with Gasteiger partial charge in [0.05, 0.1) is 30.3 Å². The molecule has 144 valence electrons. The average molecular weight is 388 g/mol.